The number of carboxylic acids is 1. The van der Waals surface area contributed by atoms with Gasteiger partial charge in [0.25, 0.3) is 0 Å². The molecule has 3 aromatic carbocycles. The van der Waals surface area contributed by atoms with E-state index in [1.165, 1.54) is 18.2 Å². The lowest BCUT2D eigenvalue weighted by atomic mass is 9.77. The molecule has 14 heteroatoms. The van der Waals surface area contributed by atoms with Gasteiger partial charge in [-0.1, -0.05) is 48.5 Å². The SMILES string of the molecule is Cc1cc(C)nc(O[C@H](C(=O)O)[C@@]2(c3ccccc3)NCC(=O)N(Cc3cc(C(F)(F)F)cc(C(F)(F)F)c3)c3ccccc32)n1. The summed E-state index contributed by atoms with van der Waals surface area (Å²) in [4.78, 5) is 36.2. The molecule has 2 heterocycles. The molecule has 1 aliphatic rings. The van der Waals surface area contributed by atoms with Gasteiger partial charge in [-0.2, -0.15) is 26.3 Å². The van der Waals surface area contributed by atoms with Gasteiger partial charge in [-0.05, 0) is 55.3 Å². The fourth-order valence-corrected chi connectivity index (χ4v) is 5.57. The zero-order chi connectivity index (χ0) is 33.4. The monoisotopic (exact) mass is 644 g/mol. The lowest BCUT2D eigenvalue weighted by Gasteiger charge is -2.39. The topological polar surface area (TPSA) is 105 Å². The Balaban J connectivity index is 1.71. The molecule has 0 spiro atoms. The predicted molar refractivity (Wildman–Crippen MR) is 153 cm³/mol. The first-order valence-corrected chi connectivity index (χ1v) is 13.8. The number of nitrogens with one attached hydrogen (secondary N) is 1. The Morgan fingerprint density at radius 3 is 2.04 bits per heavy atom. The van der Waals surface area contributed by atoms with E-state index >= 15 is 0 Å². The van der Waals surface area contributed by atoms with Gasteiger partial charge < -0.3 is 14.7 Å². The summed E-state index contributed by atoms with van der Waals surface area (Å²) in [6.07, 6.45) is -12.0. The molecule has 4 aromatic rings. The van der Waals surface area contributed by atoms with Crippen LogP contribution in [0.3, 0.4) is 0 Å². The number of para-hydroxylation sites is 1. The van der Waals surface area contributed by atoms with E-state index in [2.05, 4.69) is 15.3 Å². The van der Waals surface area contributed by atoms with Gasteiger partial charge in [-0.15, -0.1) is 0 Å². The maximum absolute atomic E-state index is 13.7. The van der Waals surface area contributed by atoms with Crippen LogP contribution in [0.2, 0.25) is 0 Å². The maximum Gasteiger partial charge on any atom is 0.416 e. The number of amides is 1. The number of aromatic nitrogens is 2. The Morgan fingerprint density at radius 1 is 0.913 bits per heavy atom. The summed E-state index contributed by atoms with van der Waals surface area (Å²) < 4.78 is 87.8. The van der Waals surface area contributed by atoms with Crippen molar-refractivity contribution >= 4 is 17.6 Å². The third-order valence-electron chi connectivity index (χ3n) is 7.46. The Morgan fingerprint density at radius 2 is 1.48 bits per heavy atom. The second kappa shape index (κ2) is 12.1. The summed E-state index contributed by atoms with van der Waals surface area (Å²) in [5, 5.41) is 13.6. The molecule has 1 aliphatic heterocycles. The summed E-state index contributed by atoms with van der Waals surface area (Å²) in [5.41, 5.74) is -3.80. The molecule has 0 saturated heterocycles. The number of anilines is 1. The fourth-order valence-electron chi connectivity index (χ4n) is 5.57. The molecule has 1 amide bonds. The van der Waals surface area contributed by atoms with Crippen molar-refractivity contribution < 1.29 is 45.8 Å². The lowest BCUT2D eigenvalue weighted by molar-refractivity contribution is -0.149. The fraction of sp³-hybridized carbons (Fsp3) is 0.250. The minimum Gasteiger partial charge on any atom is -0.478 e. The van der Waals surface area contributed by atoms with E-state index in [9.17, 15) is 41.0 Å². The number of rotatable bonds is 7. The first kappa shape index (κ1) is 32.4. The Kier molecular flexibility index (Phi) is 8.51. The molecule has 1 aromatic heterocycles. The van der Waals surface area contributed by atoms with Crippen molar-refractivity contribution in [3.05, 3.63) is 118 Å². The minimum absolute atomic E-state index is 0.00749. The normalized spacial score (nSPS) is 17.7. The van der Waals surface area contributed by atoms with Crippen molar-refractivity contribution in [2.45, 2.75) is 44.4 Å². The summed E-state index contributed by atoms with van der Waals surface area (Å²) in [7, 11) is 0. The van der Waals surface area contributed by atoms with Crippen LogP contribution in [0.4, 0.5) is 32.0 Å². The van der Waals surface area contributed by atoms with E-state index < -0.39 is 65.7 Å². The van der Waals surface area contributed by atoms with E-state index in [-0.39, 0.29) is 23.3 Å². The van der Waals surface area contributed by atoms with Crippen LogP contribution < -0.4 is 15.0 Å². The number of aliphatic carboxylic acids is 1. The smallest absolute Gasteiger partial charge is 0.416 e. The van der Waals surface area contributed by atoms with E-state index in [1.54, 1.807) is 56.3 Å². The van der Waals surface area contributed by atoms with E-state index in [0.717, 1.165) is 4.90 Å². The average Bonchev–Trinajstić information content (AvgIpc) is 3.10. The Bertz CT molecular complexity index is 1730. The van der Waals surface area contributed by atoms with Crippen LogP contribution in [0.15, 0.2) is 78.9 Å². The van der Waals surface area contributed by atoms with Crippen LogP contribution in [-0.2, 0) is 34.0 Å². The maximum atomic E-state index is 13.7. The first-order valence-electron chi connectivity index (χ1n) is 13.8. The highest BCUT2D eigenvalue weighted by Crippen LogP contribution is 2.43. The second-order valence-corrected chi connectivity index (χ2v) is 10.7. The van der Waals surface area contributed by atoms with Crippen LogP contribution in [0.5, 0.6) is 6.01 Å². The largest absolute Gasteiger partial charge is 0.478 e. The van der Waals surface area contributed by atoms with Crippen LogP contribution in [0.1, 0.15) is 39.2 Å². The van der Waals surface area contributed by atoms with Gasteiger partial charge in [0.1, 0.15) is 5.54 Å². The average molecular weight is 645 g/mol. The molecule has 0 saturated carbocycles. The van der Waals surface area contributed by atoms with Crippen LogP contribution in [0.25, 0.3) is 0 Å². The van der Waals surface area contributed by atoms with Crippen molar-refractivity contribution in [1.82, 2.24) is 15.3 Å². The molecule has 0 radical (unpaired) electrons. The third-order valence-corrected chi connectivity index (χ3v) is 7.46. The molecule has 0 fully saturated rings. The standard InChI is InChI=1S/C32H26F6N4O4/c1-18-12-19(2)41-29(40-18)46-27(28(44)45)30(21-8-4-3-5-9-21)24-10-6-7-11-25(24)42(26(43)16-39-30)17-20-13-22(31(33,34)35)15-23(14-20)32(36,37)38/h3-15,27,39H,16-17H2,1-2H3,(H,44,45)/t27-,30+/m1/s1. The quantitative estimate of drug-likeness (QED) is 0.237. The molecule has 0 aliphatic carbocycles. The Labute approximate surface area is 258 Å². The van der Waals surface area contributed by atoms with Crippen molar-refractivity contribution in [1.29, 1.82) is 0 Å². The summed E-state index contributed by atoms with van der Waals surface area (Å²) in [5.74, 6) is -2.22. The third kappa shape index (κ3) is 6.38. The molecule has 0 unspecified atom stereocenters. The molecule has 2 N–H and O–H groups in total. The number of alkyl halides is 6. The Hall–Kier alpha value is -4.98. The zero-order valence-corrected chi connectivity index (χ0v) is 24.3. The number of ether oxygens (including phenoxy) is 1. The van der Waals surface area contributed by atoms with Gasteiger partial charge in [0.05, 0.1) is 24.2 Å². The highest BCUT2D eigenvalue weighted by molar-refractivity contribution is 5.97. The molecule has 240 valence electrons. The van der Waals surface area contributed by atoms with Gasteiger partial charge in [0.2, 0.25) is 12.0 Å². The summed E-state index contributed by atoms with van der Waals surface area (Å²) in [6.45, 7) is 2.07. The molecule has 2 atom stereocenters. The van der Waals surface area contributed by atoms with Gasteiger partial charge in [0.15, 0.2) is 0 Å². The number of hydrogen-bond donors (Lipinski definition) is 2. The number of benzene rings is 3. The summed E-state index contributed by atoms with van der Waals surface area (Å²) >= 11 is 0. The number of nitrogens with zero attached hydrogens (tertiary/aromatic N) is 3. The van der Waals surface area contributed by atoms with Crippen molar-refractivity contribution in [3.63, 3.8) is 0 Å². The lowest BCUT2D eigenvalue weighted by Crippen LogP contribution is -2.58. The van der Waals surface area contributed by atoms with Gasteiger partial charge >= 0.3 is 24.3 Å². The van der Waals surface area contributed by atoms with E-state index in [1.807, 2.05) is 0 Å². The second-order valence-electron chi connectivity index (χ2n) is 10.7. The number of carbonyl (C=O) groups is 2. The highest BCUT2D eigenvalue weighted by Gasteiger charge is 2.52. The van der Waals surface area contributed by atoms with E-state index in [0.29, 0.717) is 29.1 Å². The molecule has 8 nitrogen and oxygen atoms in total. The number of carboxylic acid groups (broad SMARTS) is 1. The number of hydrogen-bond acceptors (Lipinski definition) is 6. The van der Waals surface area contributed by atoms with Gasteiger partial charge in [-0.25, -0.2) is 14.8 Å². The number of fused-ring (bicyclic) bond motifs is 1. The summed E-state index contributed by atoms with van der Waals surface area (Å²) in [6, 6.07) is 16.7. The molecule has 5 rings (SSSR count). The predicted octanol–water partition coefficient (Wildman–Crippen LogP) is 6.04. The molecule has 46 heavy (non-hydrogen) atoms. The van der Waals surface area contributed by atoms with Crippen LogP contribution in [-0.4, -0.2) is 39.6 Å². The molecular formula is C32H26F6N4O4. The van der Waals surface area contributed by atoms with Crippen LogP contribution >= 0.6 is 0 Å². The van der Waals surface area contributed by atoms with Crippen LogP contribution in [0, 0.1) is 13.8 Å². The number of halogens is 6. The zero-order valence-electron chi connectivity index (χ0n) is 24.3. The number of carbonyl (C=O) groups excluding carboxylic acids is 1. The van der Waals surface area contributed by atoms with E-state index in [4.69, 9.17) is 4.74 Å². The van der Waals surface area contributed by atoms with Gasteiger partial charge in [0, 0.05) is 22.6 Å². The first-order chi connectivity index (χ1) is 21.6. The van der Waals surface area contributed by atoms with Crippen molar-refractivity contribution in [3.8, 4) is 6.01 Å². The molecular weight excluding hydrogens is 618 g/mol. The number of aryl methyl sites for hydroxylation is 2. The minimum atomic E-state index is -5.09. The van der Waals surface area contributed by atoms with Crippen molar-refractivity contribution in [2.24, 2.45) is 0 Å². The van der Waals surface area contributed by atoms with Gasteiger partial charge in [-0.3, -0.25) is 10.1 Å². The van der Waals surface area contributed by atoms with Crippen molar-refractivity contribution in [2.75, 3.05) is 11.4 Å². The highest BCUT2D eigenvalue weighted by atomic mass is 19.4. The molecule has 0 bridgehead atoms.